The van der Waals surface area contributed by atoms with Crippen molar-refractivity contribution in [2.75, 3.05) is 13.1 Å². The lowest BCUT2D eigenvalue weighted by Crippen LogP contribution is -2.34. The maximum absolute atomic E-state index is 14.3. The van der Waals surface area contributed by atoms with E-state index in [9.17, 15) is 13.6 Å². The number of nitrogens with zero attached hydrogens (tertiary/aromatic N) is 1. The Morgan fingerprint density at radius 1 is 0.955 bits per heavy atom. The van der Waals surface area contributed by atoms with E-state index >= 15 is 0 Å². The van der Waals surface area contributed by atoms with Crippen LogP contribution in [0.2, 0.25) is 0 Å². The van der Waals surface area contributed by atoms with Crippen LogP contribution in [0.25, 0.3) is 11.1 Å². The van der Waals surface area contributed by atoms with Gasteiger partial charge in [0.2, 0.25) is 0 Å². The molecule has 0 radical (unpaired) electrons. The molecule has 0 N–H and O–H groups in total. The molecule has 0 saturated heterocycles. The summed E-state index contributed by atoms with van der Waals surface area (Å²) in [5.41, 5.74) is 0.654. The molecule has 2 aromatic carbocycles. The van der Waals surface area contributed by atoms with E-state index in [1.54, 1.807) is 24.3 Å². The summed E-state index contributed by atoms with van der Waals surface area (Å²) in [6.07, 6.45) is 4.49. The van der Waals surface area contributed by atoms with Gasteiger partial charge in [-0.2, -0.15) is 0 Å². The fraction of sp³-hybridized carbons (Fsp3) is 0.167. The molecule has 1 aliphatic rings. The summed E-state index contributed by atoms with van der Waals surface area (Å²) < 4.78 is 28.6. The molecular formula is C18H15F2NO. The molecule has 2 nitrogen and oxygen atoms in total. The molecule has 1 heterocycles. The maximum Gasteiger partial charge on any atom is 0.260 e. The fourth-order valence-corrected chi connectivity index (χ4v) is 2.56. The Balaban J connectivity index is 1.96. The highest BCUT2D eigenvalue weighted by atomic mass is 19.1. The molecule has 0 spiro atoms. The minimum atomic E-state index is -0.821. The smallest absolute Gasteiger partial charge is 0.260 e. The molecule has 0 saturated carbocycles. The first-order valence-corrected chi connectivity index (χ1v) is 7.15. The van der Waals surface area contributed by atoms with Crippen molar-refractivity contribution in [1.29, 1.82) is 0 Å². The zero-order chi connectivity index (χ0) is 15.5. The van der Waals surface area contributed by atoms with Crippen molar-refractivity contribution in [2.24, 2.45) is 0 Å². The lowest BCUT2D eigenvalue weighted by atomic mass is 10.0. The van der Waals surface area contributed by atoms with E-state index in [0.29, 0.717) is 30.6 Å². The summed E-state index contributed by atoms with van der Waals surface area (Å²) in [4.78, 5) is 13.7. The molecule has 4 heteroatoms. The predicted molar refractivity (Wildman–Crippen MR) is 81.5 cm³/mol. The topological polar surface area (TPSA) is 20.3 Å². The molecule has 0 fully saturated rings. The number of hydrogen-bond acceptors (Lipinski definition) is 1. The van der Waals surface area contributed by atoms with Crippen LogP contribution in [0.5, 0.6) is 0 Å². The first kappa shape index (κ1) is 14.4. The highest BCUT2D eigenvalue weighted by Crippen LogP contribution is 2.25. The Hall–Kier alpha value is -2.49. The third kappa shape index (κ3) is 2.77. The summed E-state index contributed by atoms with van der Waals surface area (Å²) in [7, 11) is 0. The molecule has 22 heavy (non-hydrogen) atoms. The van der Waals surface area contributed by atoms with Crippen LogP contribution in [0.1, 0.15) is 16.8 Å². The second-order valence-corrected chi connectivity index (χ2v) is 5.19. The Morgan fingerprint density at radius 2 is 1.64 bits per heavy atom. The molecule has 1 amide bonds. The van der Waals surface area contributed by atoms with Crippen LogP contribution in [0, 0.1) is 11.6 Å². The molecule has 0 unspecified atom stereocenters. The number of rotatable bonds is 2. The van der Waals surface area contributed by atoms with Gasteiger partial charge in [0, 0.05) is 13.1 Å². The second kappa shape index (κ2) is 6.10. The number of carbonyl (C=O) groups is 1. The van der Waals surface area contributed by atoms with Gasteiger partial charge in [-0.25, -0.2) is 8.78 Å². The van der Waals surface area contributed by atoms with Crippen molar-refractivity contribution in [2.45, 2.75) is 6.42 Å². The third-order valence-electron chi connectivity index (χ3n) is 3.71. The van der Waals surface area contributed by atoms with Crippen LogP contribution < -0.4 is 0 Å². The molecule has 0 aliphatic carbocycles. The first-order valence-electron chi connectivity index (χ1n) is 7.15. The molecule has 0 aromatic heterocycles. The first-order chi connectivity index (χ1) is 10.7. The van der Waals surface area contributed by atoms with Crippen LogP contribution in [-0.4, -0.2) is 23.9 Å². The Kier molecular flexibility index (Phi) is 4.00. The summed E-state index contributed by atoms with van der Waals surface area (Å²) >= 11 is 0. The SMILES string of the molecule is O=C(c1c(F)cc(-c2ccccc2)cc1F)N1CC=CCC1. The van der Waals surface area contributed by atoms with Crippen molar-refractivity contribution in [3.05, 3.63) is 71.8 Å². The molecule has 0 bridgehead atoms. The molecule has 0 atom stereocenters. The zero-order valence-corrected chi connectivity index (χ0v) is 11.9. The molecular weight excluding hydrogens is 284 g/mol. The van der Waals surface area contributed by atoms with E-state index in [-0.39, 0.29) is 0 Å². The average Bonchev–Trinajstić information content (AvgIpc) is 2.55. The summed E-state index contributed by atoms with van der Waals surface area (Å²) in [6.45, 7) is 0.868. The number of amides is 1. The van der Waals surface area contributed by atoms with Gasteiger partial charge in [0.15, 0.2) is 0 Å². The average molecular weight is 299 g/mol. The van der Waals surface area contributed by atoms with Gasteiger partial charge in [-0.05, 0) is 29.7 Å². The van der Waals surface area contributed by atoms with Crippen LogP contribution in [0.15, 0.2) is 54.6 Å². The van der Waals surface area contributed by atoms with Crippen LogP contribution in [-0.2, 0) is 0 Å². The van der Waals surface area contributed by atoms with Crippen molar-refractivity contribution in [1.82, 2.24) is 4.90 Å². The van der Waals surface area contributed by atoms with Gasteiger partial charge in [-0.1, -0.05) is 42.5 Å². The van der Waals surface area contributed by atoms with Gasteiger partial charge in [-0.15, -0.1) is 0 Å². The number of benzene rings is 2. The van der Waals surface area contributed by atoms with Crippen LogP contribution >= 0.6 is 0 Å². The van der Waals surface area contributed by atoms with E-state index in [1.165, 1.54) is 17.0 Å². The molecule has 112 valence electrons. The molecule has 2 aromatic rings. The van der Waals surface area contributed by atoms with E-state index in [0.717, 1.165) is 0 Å². The minimum absolute atomic E-state index is 0.387. The zero-order valence-electron chi connectivity index (χ0n) is 11.9. The highest BCUT2D eigenvalue weighted by molar-refractivity contribution is 5.95. The standard InChI is InChI=1S/C18H15F2NO/c19-15-11-14(13-7-3-1-4-8-13)12-16(20)17(15)18(22)21-9-5-2-6-10-21/h1-5,7-8,11-12H,6,9-10H2. The number of hydrogen-bond donors (Lipinski definition) is 0. The lowest BCUT2D eigenvalue weighted by Gasteiger charge is -2.24. The van der Waals surface area contributed by atoms with E-state index in [1.807, 2.05) is 18.2 Å². The van der Waals surface area contributed by atoms with E-state index in [2.05, 4.69) is 0 Å². The van der Waals surface area contributed by atoms with Crippen molar-refractivity contribution in [3.63, 3.8) is 0 Å². The monoisotopic (exact) mass is 299 g/mol. The minimum Gasteiger partial charge on any atom is -0.334 e. The summed E-state index contributed by atoms with van der Waals surface area (Å²) in [5.74, 6) is -2.24. The van der Waals surface area contributed by atoms with Gasteiger partial charge in [0.25, 0.3) is 5.91 Å². The molecule has 3 rings (SSSR count). The Morgan fingerprint density at radius 3 is 2.23 bits per heavy atom. The maximum atomic E-state index is 14.3. The van der Waals surface area contributed by atoms with Crippen LogP contribution in [0.4, 0.5) is 8.78 Å². The van der Waals surface area contributed by atoms with Gasteiger partial charge >= 0.3 is 0 Å². The molecule has 1 aliphatic heterocycles. The largest absolute Gasteiger partial charge is 0.334 e. The van der Waals surface area contributed by atoms with Crippen molar-refractivity contribution in [3.8, 4) is 11.1 Å². The summed E-state index contributed by atoms with van der Waals surface area (Å²) in [5, 5.41) is 0. The lowest BCUT2D eigenvalue weighted by molar-refractivity contribution is 0.0761. The quantitative estimate of drug-likeness (QED) is 0.767. The Labute approximate surface area is 127 Å². The second-order valence-electron chi connectivity index (χ2n) is 5.19. The normalized spacial score (nSPS) is 14.2. The van der Waals surface area contributed by atoms with Gasteiger partial charge in [0.1, 0.15) is 17.2 Å². The van der Waals surface area contributed by atoms with Crippen molar-refractivity contribution < 1.29 is 13.6 Å². The predicted octanol–water partition coefficient (Wildman–Crippen LogP) is 4.03. The van der Waals surface area contributed by atoms with E-state index < -0.39 is 23.1 Å². The number of carbonyl (C=O) groups excluding carboxylic acids is 1. The van der Waals surface area contributed by atoms with Crippen molar-refractivity contribution >= 4 is 5.91 Å². The summed E-state index contributed by atoms with van der Waals surface area (Å²) in [6, 6.07) is 11.4. The fourth-order valence-electron chi connectivity index (χ4n) is 2.56. The third-order valence-corrected chi connectivity index (χ3v) is 3.71. The van der Waals surface area contributed by atoms with Gasteiger partial charge < -0.3 is 4.90 Å². The van der Waals surface area contributed by atoms with Crippen LogP contribution in [0.3, 0.4) is 0 Å². The number of halogens is 2. The van der Waals surface area contributed by atoms with Gasteiger partial charge in [-0.3, -0.25) is 4.79 Å². The van der Waals surface area contributed by atoms with E-state index in [4.69, 9.17) is 0 Å². The Bertz CT molecular complexity index is 702. The van der Waals surface area contributed by atoms with Gasteiger partial charge in [0.05, 0.1) is 0 Å². The highest BCUT2D eigenvalue weighted by Gasteiger charge is 2.24.